The maximum atomic E-state index is 10.3. The minimum atomic E-state index is -0.597. The van der Waals surface area contributed by atoms with E-state index in [0.29, 0.717) is 11.6 Å². The molecule has 0 bridgehead atoms. The Morgan fingerprint density at radius 3 is 2.59 bits per heavy atom. The summed E-state index contributed by atoms with van der Waals surface area (Å²) in [5.74, 6) is -0.164. The van der Waals surface area contributed by atoms with Crippen LogP contribution < -0.4 is 5.73 Å². The highest BCUT2D eigenvalue weighted by Crippen LogP contribution is 2.35. The molecule has 2 nitrogen and oxygen atoms in total. The highest BCUT2D eigenvalue weighted by Gasteiger charge is 2.23. The lowest BCUT2D eigenvalue weighted by Crippen LogP contribution is -2.19. The summed E-state index contributed by atoms with van der Waals surface area (Å²) in [5, 5.41) is 12.9. The van der Waals surface area contributed by atoms with Crippen LogP contribution in [-0.4, -0.2) is 11.7 Å². The van der Waals surface area contributed by atoms with Gasteiger partial charge in [0.05, 0.1) is 6.10 Å². The van der Waals surface area contributed by atoms with Crippen LogP contribution in [-0.2, 0) is 0 Å². The van der Waals surface area contributed by atoms with E-state index in [0.717, 1.165) is 10.4 Å². The lowest BCUT2D eigenvalue weighted by molar-refractivity contribution is 0.151. The molecular weight excluding hydrogens is 254 g/mol. The Balaban J connectivity index is 2.31. The summed E-state index contributed by atoms with van der Waals surface area (Å²) in [6.07, 6.45) is -0.597. The first kappa shape index (κ1) is 12.6. The number of aliphatic hydroxyl groups excluding tert-OH is 1. The summed E-state index contributed by atoms with van der Waals surface area (Å²) in [7, 11) is 0. The van der Waals surface area contributed by atoms with E-state index in [2.05, 4.69) is 0 Å². The van der Waals surface area contributed by atoms with Crippen LogP contribution in [0.4, 0.5) is 0 Å². The van der Waals surface area contributed by atoms with Gasteiger partial charge in [0.15, 0.2) is 0 Å². The highest BCUT2D eigenvalue weighted by atomic mass is 35.5. The van der Waals surface area contributed by atoms with Crippen molar-refractivity contribution in [2.24, 2.45) is 5.73 Å². The van der Waals surface area contributed by atoms with E-state index in [1.807, 2.05) is 41.8 Å². The molecule has 2 unspecified atom stereocenters. The van der Waals surface area contributed by atoms with Crippen molar-refractivity contribution < 1.29 is 5.11 Å². The molecule has 0 amide bonds. The van der Waals surface area contributed by atoms with Gasteiger partial charge in [-0.25, -0.2) is 0 Å². The van der Waals surface area contributed by atoms with Crippen molar-refractivity contribution in [1.29, 1.82) is 0 Å². The third kappa shape index (κ3) is 2.69. The Kier molecular flexibility index (Phi) is 4.18. The van der Waals surface area contributed by atoms with Crippen molar-refractivity contribution in [3.8, 4) is 0 Å². The smallest absolute Gasteiger partial charge is 0.0962 e. The van der Waals surface area contributed by atoms with E-state index in [-0.39, 0.29) is 5.92 Å². The number of nitrogens with two attached hydrogens (primary N) is 1. The van der Waals surface area contributed by atoms with Crippen LogP contribution in [0, 0.1) is 0 Å². The molecule has 2 atom stereocenters. The molecule has 1 aromatic carbocycles. The molecule has 0 aliphatic heterocycles. The van der Waals surface area contributed by atoms with Crippen LogP contribution in [0.5, 0.6) is 0 Å². The molecule has 90 valence electrons. The second kappa shape index (κ2) is 5.65. The zero-order valence-electron chi connectivity index (χ0n) is 9.21. The van der Waals surface area contributed by atoms with Crippen LogP contribution in [0.2, 0.25) is 5.02 Å². The average Bonchev–Trinajstić information content (AvgIpc) is 2.86. The largest absolute Gasteiger partial charge is 0.387 e. The van der Waals surface area contributed by atoms with Crippen molar-refractivity contribution >= 4 is 22.9 Å². The van der Waals surface area contributed by atoms with Gasteiger partial charge in [-0.2, -0.15) is 0 Å². The van der Waals surface area contributed by atoms with Gasteiger partial charge >= 0.3 is 0 Å². The monoisotopic (exact) mass is 267 g/mol. The topological polar surface area (TPSA) is 46.2 Å². The van der Waals surface area contributed by atoms with Crippen molar-refractivity contribution in [3.63, 3.8) is 0 Å². The zero-order valence-corrected chi connectivity index (χ0v) is 10.8. The Morgan fingerprint density at radius 2 is 2.00 bits per heavy atom. The molecule has 0 aliphatic rings. The van der Waals surface area contributed by atoms with Crippen LogP contribution in [0.15, 0.2) is 41.8 Å². The van der Waals surface area contributed by atoms with Crippen molar-refractivity contribution in [3.05, 3.63) is 57.2 Å². The van der Waals surface area contributed by atoms with Gasteiger partial charge in [-0.3, -0.25) is 0 Å². The maximum absolute atomic E-state index is 10.3. The van der Waals surface area contributed by atoms with Crippen LogP contribution in [0.1, 0.15) is 22.5 Å². The van der Waals surface area contributed by atoms with E-state index in [1.165, 1.54) is 11.3 Å². The third-order valence-corrected chi connectivity index (χ3v) is 4.06. The fourth-order valence-electron chi connectivity index (χ4n) is 1.86. The standard InChI is InChI=1S/C13H14ClNOS/c14-11-5-2-1-4-9(11)10(8-15)13(16)12-6-3-7-17-12/h1-7,10,13,16H,8,15H2. The summed E-state index contributed by atoms with van der Waals surface area (Å²) in [6.45, 7) is 0.364. The normalized spacial score (nSPS) is 14.5. The van der Waals surface area contributed by atoms with Crippen LogP contribution in [0.25, 0.3) is 0 Å². The Labute approximate surface area is 110 Å². The van der Waals surface area contributed by atoms with E-state index in [4.69, 9.17) is 17.3 Å². The third-order valence-electron chi connectivity index (χ3n) is 2.77. The van der Waals surface area contributed by atoms with Crippen LogP contribution >= 0.6 is 22.9 Å². The van der Waals surface area contributed by atoms with Gasteiger partial charge in [0.25, 0.3) is 0 Å². The number of hydrogen-bond donors (Lipinski definition) is 2. The Morgan fingerprint density at radius 1 is 1.24 bits per heavy atom. The minimum Gasteiger partial charge on any atom is -0.387 e. The molecule has 2 rings (SSSR count). The molecule has 0 saturated heterocycles. The lowest BCUT2D eigenvalue weighted by atomic mass is 9.92. The lowest BCUT2D eigenvalue weighted by Gasteiger charge is -2.21. The summed E-state index contributed by atoms with van der Waals surface area (Å²) < 4.78 is 0. The van der Waals surface area contributed by atoms with E-state index in [9.17, 15) is 5.11 Å². The molecule has 4 heteroatoms. The van der Waals surface area contributed by atoms with Gasteiger partial charge in [-0.15, -0.1) is 11.3 Å². The summed E-state index contributed by atoms with van der Waals surface area (Å²) in [4.78, 5) is 0.917. The van der Waals surface area contributed by atoms with Crippen molar-refractivity contribution in [2.75, 3.05) is 6.54 Å². The summed E-state index contributed by atoms with van der Waals surface area (Å²) in [6, 6.07) is 11.3. The van der Waals surface area contributed by atoms with Gasteiger partial charge in [0.1, 0.15) is 0 Å². The number of benzene rings is 1. The number of halogens is 1. The Bertz CT molecular complexity index is 472. The van der Waals surface area contributed by atoms with Crippen LogP contribution in [0.3, 0.4) is 0 Å². The number of aliphatic hydroxyl groups is 1. The fourth-order valence-corrected chi connectivity index (χ4v) is 2.91. The van der Waals surface area contributed by atoms with Gasteiger partial charge in [-0.05, 0) is 23.1 Å². The second-order valence-corrected chi connectivity index (χ2v) is 5.21. The molecule has 1 aromatic heterocycles. The van der Waals surface area contributed by atoms with Crippen molar-refractivity contribution in [1.82, 2.24) is 0 Å². The summed E-state index contributed by atoms with van der Waals surface area (Å²) >= 11 is 7.67. The molecule has 17 heavy (non-hydrogen) atoms. The molecule has 2 aromatic rings. The number of hydrogen-bond acceptors (Lipinski definition) is 3. The highest BCUT2D eigenvalue weighted by molar-refractivity contribution is 7.10. The van der Waals surface area contributed by atoms with E-state index >= 15 is 0 Å². The molecule has 0 spiro atoms. The molecule has 3 N–H and O–H groups in total. The number of rotatable bonds is 4. The van der Waals surface area contributed by atoms with Gasteiger partial charge in [0.2, 0.25) is 0 Å². The average molecular weight is 268 g/mol. The number of thiophene rings is 1. The molecule has 1 heterocycles. The van der Waals surface area contributed by atoms with Gasteiger partial charge in [0, 0.05) is 22.4 Å². The predicted octanol–water partition coefficient (Wildman–Crippen LogP) is 3.18. The maximum Gasteiger partial charge on any atom is 0.0962 e. The summed E-state index contributed by atoms with van der Waals surface area (Å²) in [5.41, 5.74) is 6.67. The minimum absolute atomic E-state index is 0.164. The molecule has 0 saturated carbocycles. The molecule has 0 radical (unpaired) electrons. The second-order valence-electron chi connectivity index (χ2n) is 3.82. The quantitative estimate of drug-likeness (QED) is 0.894. The first-order valence-corrected chi connectivity index (χ1v) is 6.65. The van der Waals surface area contributed by atoms with E-state index in [1.54, 1.807) is 0 Å². The molecule has 0 aliphatic carbocycles. The zero-order chi connectivity index (χ0) is 12.3. The van der Waals surface area contributed by atoms with Crippen molar-refractivity contribution in [2.45, 2.75) is 12.0 Å². The SMILES string of the molecule is NCC(c1ccccc1Cl)C(O)c1cccs1. The fraction of sp³-hybridized carbons (Fsp3) is 0.231. The van der Waals surface area contributed by atoms with E-state index < -0.39 is 6.10 Å². The van der Waals surface area contributed by atoms with Gasteiger partial charge in [-0.1, -0.05) is 35.9 Å². The molecule has 0 fully saturated rings. The Hall–Kier alpha value is -0.870. The first-order chi connectivity index (χ1) is 8.24. The predicted molar refractivity (Wildman–Crippen MR) is 72.5 cm³/mol. The molecular formula is C13H14ClNOS. The first-order valence-electron chi connectivity index (χ1n) is 5.40. The van der Waals surface area contributed by atoms with Gasteiger partial charge < -0.3 is 10.8 Å².